The first-order valence-electron chi connectivity index (χ1n) is 10.6. The third-order valence-electron chi connectivity index (χ3n) is 5.32. The lowest BCUT2D eigenvalue weighted by Crippen LogP contribution is -2.07. The third-order valence-corrected chi connectivity index (χ3v) is 7.36. The molecular weight excluding hydrogens is 458 g/mol. The maximum Gasteiger partial charge on any atom is 0.277 e. The Morgan fingerprint density at radius 1 is 1.24 bits per heavy atom. The predicted octanol–water partition coefficient (Wildman–Crippen LogP) is 4.73. The number of nitrogens with zero attached hydrogens (tertiary/aromatic N) is 5. The molecule has 0 saturated heterocycles. The number of thiophene rings is 1. The number of nitrogens with one attached hydrogen (secondary N) is 1. The molecule has 3 aromatic heterocycles. The molecule has 0 fully saturated rings. The van der Waals surface area contributed by atoms with Crippen LogP contribution in [0.4, 0.5) is 17.6 Å². The van der Waals surface area contributed by atoms with E-state index in [1.807, 2.05) is 24.3 Å². The first kappa shape index (κ1) is 21.7. The van der Waals surface area contributed by atoms with Gasteiger partial charge in [0, 0.05) is 4.88 Å². The van der Waals surface area contributed by atoms with Crippen LogP contribution >= 0.6 is 23.1 Å². The number of thioether (sulfide) groups is 1. The lowest BCUT2D eigenvalue weighted by atomic mass is 9.90. The highest BCUT2D eigenvalue weighted by Crippen LogP contribution is 2.37. The Bertz CT molecular complexity index is 1270. The van der Waals surface area contributed by atoms with E-state index in [0.29, 0.717) is 34.4 Å². The number of nitrogen functional groups attached to an aromatic ring is 1. The molecule has 0 bridgehead atoms. The maximum atomic E-state index is 5.90. The Kier molecular flexibility index (Phi) is 6.14. The van der Waals surface area contributed by atoms with Gasteiger partial charge in [-0.25, -0.2) is 0 Å². The van der Waals surface area contributed by atoms with Gasteiger partial charge in [-0.05, 0) is 48.9 Å². The van der Waals surface area contributed by atoms with Crippen molar-refractivity contribution < 1.29 is 9.15 Å². The fraction of sp³-hybridized carbons (Fsp3) is 0.318. The van der Waals surface area contributed by atoms with Crippen LogP contribution in [0.5, 0.6) is 5.75 Å². The number of ether oxygens (including phenoxy) is 1. The quantitative estimate of drug-likeness (QED) is 0.358. The van der Waals surface area contributed by atoms with Crippen LogP contribution in [-0.4, -0.2) is 32.3 Å². The summed E-state index contributed by atoms with van der Waals surface area (Å²) in [6.07, 6.45) is 3.48. The van der Waals surface area contributed by atoms with Crippen molar-refractivity contribution in [1.82, 2.24) is 25.1 Å². The van der Waals surface area contributed by atoms with Crippen molar-refractivity contribution in [3.05, 3.63) is 46.6 Å². The summed E-state index contributed by atoms with van der Waals surface area (Å²) in [5, 5.41) is 12.0. The summed E-state index contributed by atoms with van der Waals surface area (Å²) in [5.41, 5.74) is 8.05. The molecule has 3 N–H and O–H groups in total. The molecule has 1 aliphatic rings. The second-order valence-electron chi connectivity index (χ2n) is 7.83. The molecular formula is C22H23N7O2S2. The third kappa shape index (κ3) is 4.93. The molecule has 4 aromatic rings. The number of fused-ring (bicyclic) bond motifs is 1. The number of para-hydroxylation sites is 2. The van der Waals surface area contributed by atoms with Gasteiger partial charge >= 0.3 is 0 Å². The van der Waals surface area contributed by atoms with Crippen LogP contribution in [0.3, 0.4) is 0 Å². The molecule has 0 spiro atoms. The van der Waals surface area contributed by atoms with E-state index in [9.17, 15) is 0 Å². The van der Waals surface area contributed by atoms with Gasteiger partial charge in [-0.1, -0.05) is 30.8 Å². The second kappa shape index (κ2) is 9.36. The van der Waals surface area contributed by atoms with Crippen molar-refractivity contribution >= 4 is 40.7 Å². The van der Waals surface area contributed by atoms with Gasteiger partial charge in [-0.3, -0.25) is 0 Å². The molecule has 3 heterocycles. The Morgan fingerprint density at radius 2 is 2.12 bits per heavy atom. The van der Waals surface area contributed by atoms with Gasteiger partial charge in [0.2, 0.25) is 11.9 Å². The molecule has 0 amide bonds. The Morgan fingerprint density at radius 3 is 3.00 bits per heavy atom. The molecule has 11 heteroatoms. The topological polar surface area (TPSA) is 125 Å². The van der Waals surface area contributed by atoms with E-state index >= 15 is 0 Å². The van der Waals surface area contributed by atoms with Crippen LogP contribution in [0.25, 0.3) is 10.8 Å². The van der Waals surface area contributed by atoms with Crippen molar-refractivity contribution in [3.8, 4) is 16.5 Å². The number of methoxy groups -OCH3 is 1. The zero-order valence-corrected chi connectivity index (χ0v) is 19.9. The molecule has 1 atom stereocenters. The van der Waals surface area contributed by atoms with E-state index in [1.54, 1.807) is 18.4 Å². The van der Waals surface area contributed by atoms with Crippen LogP contribution in [0.2, 0.25) is 0 Å². The molecule has 33 heavy (non-hydrogen) atoms. The maximum absolute atomic E-state index is 5.90. The minimum atomic E-state index is 0.127. The summed E-state index contributed by atoms with van der Waals surface area (Å²) in [7, 11) is 1.61. The normalized spacial score (nSPS) is 15.3. The van der Waals surface area contributed by atoms with Crippen LogP contribution in [0, 0.1) is 5.92 Å². The monoisotopic (exact) mass is 481 g/mol. The van der Waals surface area contributed by atoms with E-state index in [0.717, 1.165) is 29.3 Å². The largest absolute Gasteiger partial charge is 0.495 e. The number of benzene rings is 1. The van der Waals surface area contributed by atoms with Crippen molar-refractivity contribution in [2.24, 2.45) is 5.92 Å². The van der Waals surface area contributed by atoms with Gasteiger partial charge < -0.3 is 20.2 Å². The van der Waals surface area contributed by atoms with Gasteiger partial charge in [-0.15, -0.1) is 21.5 Å². The highest BCUT2D eigenvalue weighted by Gasteiger charge is 2.21. The highest BCUT2D eigenvalue weighted by atomic mass is 32.2. The number of hydrogen-bond acceptors (Lipinski definition) is 11. The fourth-order valence-corrected chi connectivity index (χ4v) is 5.48. The molecule has 0 aliphatic heterocycles. The molecule has 0 radical (unpaired) electrons. The van der Waals surface area contributed by atoms with Crippen LogP contribution in [-0.2, 0) is 18.6 Å². The summed E-state index contributed by atoms with van der Waals surface area (Å²) < 4.78 is 11.3. The van der Waals surface area contributed by atoms with Crippen molar-refractivity contribution in [3.63, 3.8) is 0 Å². The van der Waals surface area contributed by atoms with Crippen molar-refractivity contribution in [2.75, 3.05) is 18.2 Å². The first-order valence-corrected chi connectivity index (χ1v) is 12.4. The summed E-state index contributed by atoms with van der Waals surface area (Å²) in [5.74, 6) is 3.34. The molecule has 9 nitrogen and oxygen atoms in total. The molecule has 1 aromatic carbocycles. The molecule has 170 valence electrons. The number of rotatable bonds is 7. The zero-order chi connectivity index (χ0) is 22.8. The summed E-state index contributed by atoms with van der Waals surface area (Å²) >= 11 is 3.11. The minimum Gasteiger partial charge on any atom is -0.495 e. The number of hydrogen-bond donors (Lipinski definition) is 2. The number of anilines is 3. The average Bonchev–Trinajstić information content (AvgIpc) is 3.44. The fourth-order valence-electron chi connectivity index (χ4n) is 3.73. The highest BCUT2D eigenvalue weighted by molar-refractivity contribution is 7.98. The first-order chi connectivity index (χ1) is 16.1. The van der Waals surface area contributed by atoms with E-state index in [4.69, 9.17) is 14.9 Å². The van der Waals surface area contributed by atoms with E-state index < -0.39 is 0 Å². The number of aromatic nitrogens is 5. The van der Waals surface area contributed by atoms with Gasteiger partial charge in [0.05, 0.1) is 23.4 Å². The molecule has 0 saturated carbocycles. The average molecular weight is 482 g/mol. The lowest BCUT2D eigenvalue weighted by molar-refractivity contribution is 0.417. The van der Waals surface area contributed by atoms with Gasteiger partial charge in [0.1, 0.15) is 11.6 Å². The second-order valence-corrected chi connectivity index (χ2v) is 9.89. The van der Waals surface area contributed by atoms with Crippen LogP contribution in [0.1, 0.15) is 29.6 Å². The van der Waals surface area contributed by atoms with Gasteiger partial charge in [-0.2, -0.15) is 15.0 Å². The van der Waals surface area contributed by atoms with E-state index in [1.165, 1.54) is 28.6 Å². The molecule has 0 unspecified atom stereocenters. The Balaban J connectivity index is 1.27. The Labute approximate surface area is 199 Å². The summed E-state index contributed by atoms with van der Waals surface area (Å²) in [4.78, 5) is 15.3. The molecule has 5 rings (SSSR count). The Hall–Kier alpha value is -3.18. The molecule has 1 aliphatic carbocycles. The zero-order valence-electron chi connectivity index (χ0n) is 18.2. The summed E-state index contributed by atoms with van der Waals surface area (Å²) in [6, 6.07) is 9.69. The smallest absolute Gasteiger partial charge is 0.277 e. The van der Waals surface area contributed by atoms with Crippen molar-refractivity contribution in [2.45, 2.75) is 37.2 Å². The SMILES string of the molecule is COc1ccccc1Nc1nc(N)nc(CSc2nnc(-c3cc4c(s3)CC[C@H](C)C4)o2)n1. The van der Waals surface area contributed by atoms with Gasteiger partial charge in [0.25, 0.3) is 11.1 Å². The summed E-state index contributed by atoms with van der Waals surface area (Å²) in [6.45, 7) is 2.30. The van der Waals surface area contributed by atoms with Gasteiger partial charge in [0.15, 0.2) is 0 Å². The number of nitrogens with two attached hydrogens (primary N) is 1. The lowest BCUT2D eigenvalue weighted by Gasteiger charge is -2.16. The van der Waals surface area contributed by atoms with E-state index in [2.05, 4.69) is 43.5 Å². The van der Waals surface area contributed by atoms with Crippen LogP contribution in [0.15, 0.2) is 40.0 Å². The van der Waals surface area contributed by atoms with E-state index in [-0.39, 0.29) is 5.95 Å². The van der Waals surface area contributed by atoms with Crippen LogP contribution < -0.4 is 15.8 Å². The standard InChI is InChI=1S/C22H23N7O2S2/c1-12-7-8-16-13(9-12)10-17(33-16)19-28-29-22(31-19)32-11-18-25-20(23)27-21(26-18)24-14-5-3-4-6-15(14)30-2/h3-6,10,12H,7-9,11H2,1-2H3,(H3,23,24,25,26,27)/t12-/m0/s1. The van der Waals surface area contributed by atoms with Crippen molar-refractivity contribution in [1.29, 1.82) is 0 Å². The number of aryl methyl sites for hydroxylation is 1. The minimum absolute atomic E-state index is 0.127. The predicted molar refractivity (Wildman–Crippen MR) is 129 cm³/mol.